The van der Waals surface area contributed by atoms with E-state index in [0.717, 1.165) is 5.56 Å². The van der Waals surface area contributed by atoms with Gasteiger partial charge in [0.05, 0.1) is 6.54 Å². The van der Waals surface area contributed by atoms with Crippen LogP contribution in [0.15, 0.2) is 72.9 Å². The van der Waals surface area contributed by atoms with Gasteiger partial charge in [0.25, 0.3) is 5.91 Å². The Bertz CT molecular complexity index is 921. The summed E-state index contributed by atoms with van der Waals surface area (Å²) in [6.07, 6.45) is 0.691. The molecule has 0 N–H and O–H groups in total. The zero-order valence-electron chi connectivity index (χ0n) is 14.7. The first-order chi connectivity index (χ1) is 13.1. The Kier molecular flexibility index (Phi) is 6.04. The maximum absolute atomic E-state index is 13.9. The molecule has 0 bridgehead atoms. The summed E-state index contributed by atoms with van der Waals surface area (Å²) in [7, 11) is 0. The van der Waals surface area contributed by atoms with Gasteiger partial charge in [0.2, 0.25) is 0 Å². The molecule has 0 unspecified atom stereocenters. The van der Waals surface area contributed by atoms with Gasteiger partial charge in [-0.15, -0.1) is 0 Å². The molecular formula is C21H18ClFN2O2. The maximum atomic E-state index is 13.9. The molecule has 0 saturated carbocycles. The van der Waals surface area contributed by atoms with Crippen molar-refractivity contribution in [1.29, 1.82) is 0 Å². The first kappa shape index (κ1) is 18.9. The Morgan fingerprint density at radius 3 is 2.52 bits per heavy atom. The molecule has 3 aromatic rings. The fourth-order valence-corrected chi connectivity index (χ4v) is 2.78. The zero-order valence-corrected chi connectivity index (χ0v) is 15.4. The SMILES string of the molecule is C[C@H](Oc1ccccc1F)C(=O)N(Cc1ccccc1Cl)c1ccccn1. The highest BCUT2D eigenvalue weighted by molar-refractivity contribution is 6.31. The summed E-state index contributed by atoms with van der Waals surface area (Å²) in [5, 5.41) is 0.550. The van der Waals surface area contributed by atoms with E-state index < -0.39 is 11.9 Å². The monoisotopic (exact) mass is 384 g/mol. The number of amides is 1. The average Bonchev–Trinajstić information content (AvgIpc) is 2.69. The number of para-hydroxylation sites is 1. The number of pyridine rings is 1. The Balaban J connectivity index is 1.87. The normalized spacial score (nSPS) is 11.7. The minimum Gasteiger partial charge on any atom is -0.478 e. The van der Waals surface area contributed by atoms with Crippen molar-refractivity contribution in [2.45, 2.75) is 19.6 Å². The summed E-state index contributed by atoms with van der Waals surface area (Å²) in [6.45, 7) is 1.80. The number of anilines is 1. The lowest BCUT2D eigenvalue weighted by Crippen LogP contribution is -2.40. The van der Waals surface area contributed by atoms with Crippen LogP contribution in [0.1, 0.15) is 12.5 Å². The van der Waals surface area contributed by atoms with Crippen molar-refractivity contribution < 1.29 is 13.9 Å². The Labute approximate surface area is 162 Å². The largest absolute Gasteiger partial charge is 0.478 e. The summed E-state index contributed by atoms with van der Waals surface area (Å²) < 4.78 is 19.4. The quantitative estimate of drug-likeness (QED) is 0.608. The number of aromatic nitrogens is 1. The standard InChI is InChI=1S/C21H18ClFN2O2/c1-15(27-19-11-5-4-10-18(19)23)21(26)25(20-12-6-7-13-24-20)14-16-8-2-3-9-17(16)22/h2-13,15H,14H2,1H3/t15-/m0/s1. The van der Waals surface area contributed by atoms with E-state index in [1.807, 2.05) is 18.2 Å². The molecule has 1 atom stereocenters. The predicted octanol–water partition coefficient (Wildman–Crippen LogP) is 4.87. The Morgan fingerprint density at radius 2 is 1.81 bits per heavy atom. The van der Waals surface area contributed by atoms with Crippen molar-refractivity contribution in [2.24, 2.45) is 0 Å². The van der Waals surface area contributed by atoms with Gasteiger partial charge < -0.3 is 4.74 Å². The van der Waals surface area contributed by atoms with Crippen LogP contribution in [0.5, 0.6) is 5.75 Å². The summed E-state index contributed by atoms with van der Waals surface area (Å²) in [4.78, 5) is 18.8. The minimum absolute atomic E-state index is 0.0251. The number of halogens is 2. The number of rotatable bonds is 6. The van der Waals surface area contributed by atoms with Gasteiger partial charge in [-0.05, 0) is 42.8 Å². The van der Waals surface area contributed by atoms with Gasteiger partial charge in [-0.1, -0.05) is 48.0 Å². The molecule has 0 aliphatic heterocycles. The number of hydrogen-bond acceptors (Lipinski definition) is 3. The van der Waals surface area contributed by atoms with E-state index in [9.17, 15) is 9.18 Å². The van der Waals surface area contributed by atoms with Gasteiger partial charge >= 0.3 is 0 Å². The molecule has 0 fully saturated rings. The fraction of sp³-hybridized carbons (Fsp3) is 0.143. The van der Waals surface area contributed by atoms with Crippen LogP contribution in [0.25, 0.3) is 0 Å². The highest BCUT2D eigenvalue weighted by atomic mass is 35.5. The molecule has 4 nitrogen and oxygen atoms in total. The highest BCUT2D eigenvalue weighted by Gasteiger charge is 2.25. The van der Waals surface area contributed by atoms with Crippen molar-refractivity contribution in [3.05, 3.63) is 89.3 Å². The molecule has 1 aromatic heterocycles. The molecule has 27 heavy (non-hydrogen) atoms. The molecule has 1 amide bonds. The number of carbonyl (C=O) groups excluding carboxylic acids is 1. The number of benzene rings is 2. The van der Waals surface area contributed by atoms with Gasteiger partial charge in [0.15, 0.2) is 17.7 Å². The number of carbonyl (C=O) groups is 1. The van der Waals surface area contributed by atoms with Crippen molar-refractivity contribution >= 4 is 23.3 Å². The maximum Gasteiger partial charge on any atom is 0.269 e. The molecule has 2 aromatic carbocycles. The van der Waals surface area contributed by atoms with E-state index in [1.165, 1.54) is 17.0 Å². The number of hydrogen-bond donors (Lipinski definition) is 0. The van der Waals surface area contributed by atoms with E-state index in [4.69, 9.17) is 16.3 Å². The average molecular weight is 385 g/mol. The molecule has 3 rings (SSSR count). The number of ether oxygens (including phenoxy) is 1. The molecule has 0 aliphatic carbocycles. The summed E-state index contributed by atoms with van der Waals surface area (Å²) >= 11 is 6.25. The van der Waals surface area contributed by atoms with E-state index >= 15 is 0 Å². The summed E-state index contributed by atoms with van der Waals surface area (Å²) in [6, 6.07) is 18.5. The van der Waals surface area contributed by atoms with Crippen LogP contribution in [0, 0.1) is 5.82 Å². The summed E-state index contributed by atoms with van der Waals surface area (Å²) in [5.74, 6) is -0.381. The fourth-order valence-electron chi connectivity index (χ4n) is 2.58. The third-order valence-electron chi connectivity index (χ3n) is 3.97. The molecule has 138 valence electrons. The third-order valence-corrected chi connectivity index (χ3v) is 4.34. The molecule has 0 spiro atoms. The molecule has 6 heteroatoms. The van der Waals surface area contributed by atoms with Crippen LogP contribution < -0.4 is 9.64 Å². The van der Waals surface area contributed by atoms with Gasteiger partial charge in [-0.25, -0.2) is 9.37 Å². The molecule has 1 heterocycles. The molecule has 0 aliphatic rings. The van der Waals surface area contributed by atoms with Gasteiger partial charge in [-0.3, -0.25) is 9.69 Å². The Morgan fingerprint density at radius 1 is 1.11 bits per heavy atom. The van der Waals surface area contributed by atoms with Crippen LogP contribution in [0.2, 0.25) is 5.02 Å². The summed E-state index contributed by atoms with van der Waals surface area (Å²) in [5.41, 5.74) is 0.774. The van der Waals surface area contributed by atoms with Crippen molar-refractivity contribution in [1.82, 2.24) is 4.98 Å². The lowest BCUT2D eigenvalue weighted by Gasteiger charge is -2.26. The second-order valence-electron chi connectivity index (χ2n) is 5.89. The second kappa shape index (κ2) is 8.64. The first-order valence-corrected chi connectivity index (χ1v) is 8.81. The van der Waals surface area contributed by atoms with Gasteiger partial charge in [0.1, 0.15) is 5.82 Å². The minimum atomic E-state index is -0.911. The van der Waals surface area contributed by atoms with Crippen LogP contribution in [-0.2, 0) is 11.3 Å². The van der Waals surface area contributed by atoms with E-state index in [2.05, 4.69) is 4.98 Å². The van der Waals surface area contributed by atoms with Crippen molar-refractivity contribution in [3.8, 4) is 5.75 Å². The van der Waals surface area contributed by atoms with E-state index in [0.29, 0.717) is 10.8 Å². The van der Waals surface area contributed by atoms with Crippen LogP contribution in [-0.4, -0.2) is 17.0 Å². The topological polar surface area (TPSA) is 42.4 Å². The first-order valence-electron chi connectivity index (χ1n) is 8.43. The molecule has 0 radical (unpaired) electrons. The highest BCUT2D eigenvalue weighted by Crippen LogP contribution is 2.23. The lowest BCUT2D eigenvalue weighted by atomic mass is 10.2. The Hall–Kier alpha value is -2.92. The molecular weight excluding hydrogens is 367 g/mol. The van der Waals surface area contributed by atoms with Crippen molar-refractivity contribution in [2.75, 3.05) is 4.90 Å². The third kappa shape index (κ3) is 4.63. The zero-order chi connectivity index (χ0) is 19.2. The predicted molar refractivity (Wildman–Crippen MR) is 103 cm³/mol. The van der Waals surface area contributed by atoms with Crippen LogP contribution in [0.4, 0.5) is 10.2 Å². The molecule has 0 saturated heterocycles. The van der Waals surface area contributed by atoms with E-state index in [-0.39, 0.29) is 18.2 Å². The second-order valence-corrected chi connectivity index (χ2v) is 6.30. The van der Waals surface area contributed by atoms with Crippen molar-refractivity contribution in [3.63, 3.8) is 0 Å². The van der Waals surface area contributed by atoms with E-state index in [1.54, 1.807) is 49.5 Å². The number of nitrogens with zero attached hydrogens (tertiary/aromatic N) is 2. The van der Waals surface area contributed by atoms with Crippen LogP contribution >= 0.6 is 11.6 Å². The van der Waals surface area contributed by atoms with Gasteiger partial charge in [0, 0.05) is 11.2 Å². The smallest absolute Gasteiger partial charge is 0.269 e. The lowest BCUT2D eigenvalue weighted by molar-refractivity contribution is -0.124. The van der Waals surface area contributed by atoms with Gasteiger partial charge in [-0.2, -0.15) is 0 Å². The van der Waals surface area contributed by atoms with Crippen LogP contribution in [0.3, 0.4) is 0 Å².